The van der Waals surface area contributed by atoms with Gasteiger partial charge in [0.2, 0.25) is 0 Å². The second-order valence-corrected chi connectivity index (χ2v) is 7.56. The van der Waals surface area contributed by atoms with Crippen LogP contribution < -0.4 is 5.32 Å². The van der Waals surface area contributed by atoms with Crippen LogP contribution in [0.25, 0.3) is 0 Å². The number of nitrogens with zero attached hydrogens (tertiary/aromatic N) is 1. The topological polar surface area (TPSA) is 88.4 Å². The van der Waals surface area contributed by atoms with Crippen molar-refractivity contribution in [3.8, 4) is 6.07 Å². The van der Waals surface area contributed by atoms with Crippen molar-refractivity contribution in [1.82, 2.24) is 0 Å². The van der Waals surface area contributed by atoms with Crippen LogP contribution in [0.3, 0.4) is 0 Å². The normalized spacial score (nSPS) is 20.9. The molecule has 134 valence electrons. The zero-order chi connectivity index (χ0) is 17.8. The molecule has 0 unspecified atom stereocenters. The first-order valence-corrected chi connectivity index (χ1v) is 9.59. The summed E-state index contributed by atoms with van der Waals surface area (Å²) in [4.78, 5) is 25.5. The molecule has 2 aliphatic rings. The molecular formula is C18H22N2O4S. The number of carbonyl (C=O) groups is 2. The highest BCUT2D eigenvalue weighted by Gasteiger charge is 2.29. The van der Waals surface area contributed by atoms with Gasteiger partial charge in [-0.2, -0.15) is 5.26 Å². The van der Waals surface area contributed by atoms with E-state index in [0.29, 0.717) is 23.6 Å². The third-order valence-electron chi connectivity index (χ3n) is 4.62. The number of thiophene rings is 1. The van der Waals surface area contributed by atoms with Crippen LogP contribution in [0, 0.1) is 11.3 Å². The Morgan fingerprint density at radius 2 is 2.12 bits per heavy atom. The molecule has 1 saturated heterocycles. The summed E-state index contributed by atoms with van der Waals surface area (Å²) >= 11 is 1.47. The maximum absolute atomic E-state index is 12.4. The lowest BCUT2D eigenvalue weighted by atomic mass is 10.1. The van der Waals surface area contributed by atoms with E-state index in [2.05, 4.69) is 11.4 Å². The number of rotatable bonds is 4. The molecule has 1 aromatic rings. The molecule has 25 heavy (non-hydrogen) atoms. The lowest BCUT2D eigenvalue weighted by molar-refractivity contribution is -0.162. The number of aryl methyl sites for hydroxylation is 1. The van der Waals surface area contributed by atoms with E-state index >= 15 is 0 Å². The van der Waals surface area contributed by atoms with Crippen LogP contribution in [0.4, 0.5) is 5.00 Å². The third-order valence-corrected chi connectivity index (χ3v) is 5.83. The average Bonchev–Trinajstić information content (AvgIpc) is 3.18. The number of nitriles is 1. The van der Waals surface area contributed by atoms with Crippen LogP contribution in [0.5, 0.6) is 0 Å². The van der Waals surface area contributed by atoms with Gasteiger partial charge in [0.05, 0.1) is 5.56 Å². The minimum Gasteiger partial charge on any atom is -0.451 e. The van der Waals surface area contributed by atoms with Gasteiger partial charge >= 0.3 is 5.97 Å². The predicted octanol–water partition coefficient (Wildman–Crippen LogP) is 2.94. The summed E-state index contributed by atoms with van der Waals surface area (Å²) in [6.07, 6.45) is 5.15. The smallest absolute Gasteiger partial charge is 0.336 e. The van der Waals surface area contributed by atoms with Gasteiger partial charge in [-0.15, -0.1) is 11.3 Å². The fourth-order valence-electron chi connectivity index (χ4n) is 3.23. The van der Waals surface area contributed by atoms with Crippen LogP contribution in [0.2, 0.25) is 0 Å². The SMILES string of the molecule is C[C@@H](OC(=O)[C@@H]1CCCO1)C(=O)Nc1sc2c(c1C#N)CCCCC2. The maximum Gasteiger partial charge on any atom is 0.336 e. The minimum absolute atomic E-state index is 0.417. The van der Waals surface area contributed by atoms with Crippen molar-refractivity contribution in [2.75, 3.05) is 11.9 Å². The van der Waals surface area contributed by atoms with E-state index < -0.39 is 24.1 Å². The molecule has 2 heterocycles. The summed E-state index contributed by atoms with van der Waals surface area (Å²) in [5.74, 6) is -0.915. The summed E-state index contributed by atoms with van der Waals surface area (Å²) in [5.41, 5.74) is 1.64. The zero-order valence-corrected chi connectivity index (χ0v) is 15.1. The van der Waals surface area contributed by atoms with Crippen molar-refractivity contribution in [1.29, 1.82) is 5.26 Å². The van der Waals surface area contributed by atoms with Gasteiger partial charge in [0, 0.05) is 11.5 Å². The van der Waals surface area contributed by atoms with Crippen molar-refractivity contribution < 1.29 is 19.1 Å². The number of nitrogens with one attached hydrogen (secondary N) is 1. The van der Waals surface area contributed by atoms with Gasteiger partial charge in [0.15, 0.2) is 12.2 Å². The second kappa shape index (κ2) is 7.98. The van der Waals surface area contributed by atoms with Gasteiger partial charge < -0.3 is 14.8 Å². The molecule has 2 atom stereocenters. The summed E-state index contributed by atoms with van der Waals surface area (Å²) < 4.78 is 10.5. The summed E-state index contributed by atoms with van der Waals surface area (Å²) in [5, 5.41) is 12.8. The van der Waals surface area contributed by atoms with Crippen LogP contribution >= 0.6 is 11.3 Å². The highest BCUT2D eigenvalue weighted by molar-refractivity contribution is 7.16. The molecule has 1 aromatic heterocycles. The summed E-state index contributed by atoms with van der Waals surface area (Å²) in [6, 6.07) is 2.23. The number of anilines is 1. The fourth-order valence-corrected chi connectivity index (χ4v) is 4.47. The molecule has 0 aromatic carbocycles. The van der Waals surface area contributed by atoms with Crippen LogP contribution in [0.1, 0.15) is 55.0 Å². The Balaban J connectivity index is 1.66. The Morgan fingerprint density at radius 1 is 1.32 bits per heavy atom. The summed E-state index contributed by atoms with van der Waals surface area (Å²) in [7, 11) is 0. The van der Waals surface area contributed by atoms with Crippen LogP contribution in [-0.2, 0) is 31.9 Å². The molecule has 1 aliphatic carbocycles. The Morgan fingerprint density at radius 3 is 2.84 bits per heavy atom. The molecule has 1 aliphatic heterocycles. The van der Waals surface area contributed by atoms with E-state index in [4.69, 9.17) is 9.47 Å². The van der Waals surface area contributed by atoms with Gasteiger partial charge in [-0.3, -0.25) is 4.79 Å². The van der Waals surface area contributed by atoms with Crippen molar-refractivity contribution in [2.45, 2.75) is 64.1 Å². The molecule has 0 saturated carbocycles. The van der Waals surface area contributed by atoms with Crippen molar-refractivity contribution in [3.05, 3.63) is 16.0 Å². The Bertz CT molecular complexity index is 701. The van der Waals surface area contributed by atoms with Crippen molar-refractivity contribution in [3.63, 3.8) is 0 Å². The van der Waals surface area contributed by atoms with Crippen LogP contribution in [-0.4, -0.2) is 30.7 Å². The lowest BCUT2D eigenvalue weighted by Gasteiger charge is -2.15. The molecule has 6 nitrogen and oxygen atoms in total. The molecule has 7 heteroatoms. The van der Waals surface area contributed by atoms with Gasteiger partial charge in [0.25, 0.3) is 5.91 Å². The van der Waals surface area contributed by atoms with Gasteiger partial charge in [-0.1, -0.05) is 6.42 Å². The quantitative estimate of drug-likeness (QED) is 0.657. The van der Waals surface area contributed by atoms with Gasteiger partial charge in [-0.25, -0.2) is 4.79 Å². The molecule has 1 amide bonds. The van der Waals surface area contributed by atoms with E-state index in [1.54, 1.807) is 0 Å². The Kier molecular flexibility index (Phi) is 5.71. The monoisotopic (exact) mass is 362 g/mol. The molecule has 0 spiro atoms. The lowest BCUT2D eigenvalue weighted by Crippen LogP contribution is -2.33. The molecule has 1 N–H and O–H groups in total. The number of carbonyl (C=O) groups excluding carboxylic acids is 2. The average molecular weight is 362 g/mol. The van der Waals surface area contributed by atoms with E-state index in [1.807, 2.05) is 0 Å². The number of fused-ring (bicyclic) bond motifs is 1. The number of hydrogen-bond donors (Lipinski definition) is 1. The van der Waals surface area contributed by atoms with Crippen molar-refractivity contribution >= 4 is 28.2 Å². The largest absolute Gasteiger partial charge is 0.451 e. The number of hydrogen-bond acceptors (Lipinski definition) is 6. The van der Waals surface area contributed by atoms with Crippen LogP contribution in [0.15, 0.2) is 0 Å². The maximum atomic E-state index is 12.4. The first kappa shape index (κ1) is 17.9. The molecule has 3 rings (SSSR count). The Hall–Kier alpha value is -1.91. The third kappa shape index (κ3) is 4.02. The molecule has 0 bridgehead atoms. The predicted molar refractivity (Wildman–Crippen MR) is 93.5 cm³/mol. The van der Waals surface area contributed by atoms with Gasteiger partial charge in [0.1, 0.15) is 11.1 Å². The van der Waals surface area contributed by atoms with E-state index in [9.17, 15) is 14.9 Å². The van der Waals surface area contributed by atoms with Crippen molar-refractivity contribution in [2.24, 2.45) is 0 Å². The molecular weight excluding hydrogens is 340 g/mol. The first-order valence-electron chi connectivity index (χ1n) is 8.77. The zero-order valence-electron chi connectivity index (χ0n) is 14.3. The summed E-state index contributed by atoms with van der Waals surface area (Å²) in [6.45, 7) is 2.08. The van der Waals surface area contributed by atoms with Gasteiger partial charge in [-0.05, 0) is 51.0 Å². The standard InChI is InChI=1S/C18H22N2O4S/c1-11(24-18(22)14-7-5-9-23-14)16(21)20-17-13(10-19)12-6-3-2-4-8-15(12)25-17/h11,14H,2-9H2,1H3,(H,20,21)/t11-,14+/m1/s1. The number of ether oxygens (including phenoxy) is 2. The van der Waals surface area contributed by atoms with E-state index in [-0.39, 0.29) is 0 Å². The molecule has 0 radical (unpaired) electrons. The molecule has 1 fully saturated rings. The van der Waals surface area contributed by atoms with E-state index in [0.717, 1.165) is 37.7 Å². The fraction of sp³-hybridized carbons (Fsp3) is 0.611. The number of esters is 1. The first-order chi connectivity index (χ1) is 12.1. The second-order valence-electron chi connectivity index (χ2n) is 6.45. The minimum atomic E-state index is -0.926. The highest BCUT2D eigenvalue weighted by atomic mass is 32.1. The number of amides is 1. The highest BCUT2D eigenvalue weighted by Crippen LogP contribution is 2.37. The van der Waals surface area contributed by atoms with E-state index in [1.165, 1.54) is 29.6 Å². The Labute approximate surface area is 151 Å².